The van der Waals surface area contributed by atoms with Crippen molar-refractivity contribution in [1.82, 2.24) is 0 Å². The van der Waals surface area contributed by atoms with Gasteiger partial charge in [0.25, 0.3) is 0 Å². The van der Waals surface area contributed by atoms with Crippen molar-refractivity contribution in [1.29, 1.82) is 0 Å². The largest absolute Gasteiger partial charge is 0.397 e. The molecule has 0 bridgehead atoms. The van der Waals surface area contributed by atoms with Crippen molar-refractivity contribution in [3.8, 4) is 0 Å². The maximum Gasteiger partial charge on any atom is 0.183 e. The lowest BCUT2D eigenvalue weighted by atomic mass is 10.1. The highest BCUT2D eigenvalue weighted by molar-refractivity contribution is 7.12. The molecule has 19 heavy (non-hydrogen) atoms. The number of hydrogen-bond donors (Lipinski definition) is 2. The lowest BCUT2D eigenvalue weighted by molar-refractivity contribution is 0.510. The number of rotatable bonds is 3. The highest BCUT2D eigenvalue weighted by Crippen LogP contribution is 2.32. The molecule has 2 aromatic rings. The fourth-order valence-corrected chi connectivity index (χ4v) is 3.11. The molecule has 2 nitrogen and oxygen atoms in total. The number of aryl methyl sites for hydroxylation is 2. The zero-order valence-electron chi connectivity index (χ0n) is 11.1. The van der Waals surface area contributed by atoms with Crippen LogP contribution in [0.2, 0.25) is 0 Å². The van der Waals surface area contributed by atoms with Crippen LogP contribution >= 0.6 is 11.3 Å². The van der Waals surface area contributed by atoms with E-state index in [4.69, 9.17) is 5.73 Å². The van der Waals surface area contributed by atoms with Gasteiger partial charge in [-0.2, -0.15) is 0 Å². The van der Waals surface area contributed by atoms with Crippen molar-refractivity contribution in [2.75, 3.05) is 11.1 Å². The Morgan fingerprint density at radius 1 is 1.26 bits per heavy atom. The Bertz CT molecular complexity index is 608. The molecule has 0 saturated heterocycles. The van der Waals surface area contributed by atoms with Crippen LogP contribution in [-0.2, 0) is 0 Å². The topological polar surface area (TPSA) is 38.0 Å². The standard InChI is InChI=1S/C14H16F2N2S/c1-7-6-10(9(3)19-7)8(2)18-14-12(17)5-4-11(15)13(14)16/h4-6,8,18H,17H2,1-3H3. The second-order valence-corrected chi connectivity index (χ2v) is 6.02. The maximum atomic E-state index is 13.7. The van der Waals surface area contributed by atoms with Crippen LogP contribution in [0.3, 0.4) is 0 Å². The lowest BCUT2D eigenvalue weighted by Gasteiger charge is -2.17. The molecule has 1 aromatic carbocycles. The monoisotopic (exact) mass is 282 g/mol. The summed E-state index contributed by atoms with van der Waals surface area (Å²) in [6.07, 6.45) is 0. The van der Waals surface area contributed by atoms with E-state index >= 15 is 0 Å². The van der Waals surface area contributed by atoms with E-state index in [0.717, 1.165) is 16.5 Å². The summed E-state index contributed by atoms with van der Waals surface area (Å²) in [5.41, 5.74) is 7.00. The second-order valence-electron chi connectivity index (χ2n) is 4.56. The Labute approximate surface area is 115 Å². The number of halogens is 2. The minimum absolute atomic E-state index is 0.0238. The molecule has 0 aliphatic heterocycles. The molecular weight excluding hydrogens is 266 g/mol. The van der Waals surface area contributed by atoms with Gasteiger partial charge in [0, 0.05) is 15.8 Å². The van der Waals surface area contributed by atoms with Crippen LogP contribution in [0.25, 0.3) is 0 Å². The molecule has 0 aliphatic carbocycles. The number of nitrogen functional groups attached to an aromatic ring is 1. The predicted molar refractivity (Wildman–Crippen MR) is 76.6 cm³/mol. The number of thiophene rings is 1. The van der Waals surface area contributed by atoms with Crippen molar-refractivity contribution in [3.63, 3.8) is 0 Å². The molecule has 1 unspecified atom stereocenters. The number of nitrogens with one attached hydrogen (secondary N) is 1. The molecule has 0 saturated carbocycles. The van der Waals surface area contributed by atoms with E-state index in [1.54, 1.807) is 11.3 Å². The number of hydrogen-bond acceptors (Lipinski definition) is 3. The molecule has 3 N–H and O–H groups in total. The van der Waals surface area contributed by atoms with Crippen molar-refractivity contribution in [3.05, 3.63) is 45.2 Å². The summed E-state index contributed by atoms with van der Waals surface area (Å²) < 4.78 is 27.0. The van der Waals surface area contributed by atoms with Crippen LogP contribution in [-0.4, -0.2) is 0 Å². The summed E-state index contributed by atoms with van der Waals surface area (Å²) >= 11 is 1.68. The molecule has 0 fully saturated rings. The smallest absolute Gasteiger partial charge is 0.183 e. The van der Waals surface area contributed by atoms with Gasteiger partial charge in [-0.05, 0) is 44.5 Å². The second kappa shape index (κ2) is 5.17. The molecule has 1 atom stereocenters. The first-order valence-corrected chi connectivity index (χ1v) is 6.78. The van der Waals surface area contributed by atoms with Crippen LogP contribution in [0.5, 0.6) is 0 Å². The van der Waals surface area contributed by atoms with E-state index in [9.17, 15) is 8.78 Å². The summed E-state index contributed by atoms with van der Waals surface area (Å²) in [5, 5.41) is 2.96. The van der Waals surface area contributed by atoms with Crippen molar-refractivity contribution in [2.45, 2.75) is 26.8 Å². The molecule has 0 amide bonds. The third-order valence-electron chi connectivity index (χ3n) is 3.03. The van der Waals surface area contributed by atoms with Gasteiger partial charge in [0.1, 0.15) is 0 Å². The fourth-order valence-electron chi connectivity index (χ4n) is 2.09. The van der Waals surface area contributed by atoms with Gasteiger partial charge >= 0.3 is 0 Å². The van der Waals surface area contributed by atoms with Crippen molar-refractivity contribution in [2.24, 2.45) is 0 Å². The lowest BCUT2D eigenvalue weighted by Crippen LogP contribution is -2.11. The van der Waals surface area contributed by atoms with Crippen LogP contribution in [0.4, 0.5) is 20.2 Å². The molecule has 2 rings (SSSR count). The first kappa shape index (κ1) is 13.8. The summed E-state index contributed by atoms with van der Waals surface area (Å²) in [4.78, 5) is 2.35. The average molecular weight is 282 g/mol. The first-order valence-electron chi connectivity index (χ1n) is 5.97. The Balaban J connectivity index is 2.31. The Kier molecular flexibility index (Phi) is 3.75. The van der Waals surface area contributed by atoms with Gasteiger partial charge < -0.3 is 11.1 Å². The summed E-state index contributed by atoms with van der Waals surface area (Å²) in [6, 6.07) is 4.30. The van der Waals surface area contributed by atoms with Crippen molar-refractivity contribution >= 4 is 22.7 Å². The molecule has 102 valence electrons. The van der Waals surface area contributed by atoms with Gasteiger partial charge in [0.15, 0.2) is 11.6 Å². The van der Waals surface area contributed by atoms with Gasteiger partial charge in [-0.25, -0.2) is 8.78 Å². The van der Waals surface area contributed by atoms with E-state index in [1.807, 2.05) is 26.8 Å². The first-order chi connectivity index (χ1) is 8.90. The predicted octanol–water partition coefficient (Wildman–Crippen LogP) is 4.40. The fraction of sp³-hybridized carbons (Fsp3) is 0.286. The molecule has 0 spiro atoms. The molecular formula is C14H16F2N2S. The zero-order chi connectivity index (χ0) is 14.2. The Morgan fingerprint density at radius 2 is 1.95 bits per heavy atom. The van der Waals surface area contributed by atoms with E-state index in [1.165, 1.54) is 10.9 Å². The van der Waals surface area contributed by atoms with Gasteiger partial charge in [-0.15, -0.1) is 11.3 Å². The van der Waals surface area contributed by atoms with E-state index in [-0.39, 0.29) is 17.4 Å². The average Bonchev–Trinajstić information content (AvgIpc) is 2.69. The maximum absolute atomic E-state index is 13.7. The molecule has 1 heterocycles. The number of anilines is 2. The molecule has 5 heteroatoms. The van der Waals surface area contributed by atoms with E-state index in [0.29, 0.717) is 0 Å². The zero-order valence-corrected chi connectivity index (χ0v) is 11.9. The highest BCUT2D eigenvalue weighted by atomic mass is 32.1. The van der Waals surface area contributed by atoms with E-state index < -0.39 is 11.6 Å². The van der Waals surface area contributed by atoms with Gasteiger partial charge in [-0.3, -0.25) is 0 Å². The summed E-state index contributed by atoms with van der Waals surface area (Å²) in [7, 11) is 0. The molecule has 0 aliphatic rings. The normalized spacial score (nSPS) is 12.5. The van der Waals surface area contributed by atoms with Crippen LogP contribution in [0.15, 0.2) is 18.2 Å². The van der Waals surface area contributed by atoms with Gasteiger partial charge in [0.05, 0.1) is 11.4 Å². The van der Waals surface area contributed by atoms with Crippen LogP contribution in [0, 0.1) is 25.5 Å². The molecule has 1 aromatic heterocycles. The summed E-state index contributed by atoms with van der Waals surface area (Å²) in [5.74, 6) is -1.83. The highest BCUT2D eigenvalue weighted by Gasteiger charge is 2.17. The quantitative estimate of drug-likeness (QED) is 0.819. The molecule has 0 radical (unpaired) electrons. The van der Waals surface area contributed by atoms with Crippen molar-refractivity contribution < 1.29 is 8.78 Å². The summed E-state index contributed by atoms with van der Waals surface area (Å²) in [6.45, 7) is 5.93. The van der Waals surface area contributed by atoms with Gasteiger partial charge in [0.2, 0.25) is 0 Å². The Morgan fingerprint density at radius 3 is 2.53 bits per heavy atom. The minimum Gasteiger partial charge on any atom is -0.397 e. The SMILES string of the molecule is Cc1cc(C(C)Nc2c(N)ccc(F)c2F)c(C)s1. The van der Waals surface area contributed by atoms with Gasteiger partial charge in [-0.1, -0.05) is 0 Å². The van der Waals surface area contributed by atoms with Crippen LogP contribution < -0.4 is 11.1 Å². The third kappa shape index (κ3) is 2.71. The number of nitrogens with two attached hydrogens (primary N) is 1. The third-order valence-corrected chi connectivity index (χ3v) is 4.02. The minimum atomic E-state index is -0.934. The Hall–Kier alpha value is -1.62. The van der Waals surface area contributed by atoms with Crippen LogP contribution in [0.1, 0.15) is 28.3 Å². The van der Waals surface area contributed by atoms with E-state index in [2.05, 4.69) is 5.32 Å². The number of benzene rings is 1.